The average molecular weight is 275 g/mol. The van der Waals surface area contributed by atoms with Crippen LogP contribution in [0, 0.1) is 5.82 Å². The number of hydrogen-bond acceptors (Lipinski definition) is 3. The summed E-state index contributed by atoms with van der Waals surface area (Å²) in [7, 11) is 1.42. The second kappa shape index (κ2) is 6.42. The lowest BCUT2D eigenvalue weighted by Crippen LogP contribution is -2.41. The highest BCUT2D eigenvalue weighted by atomic mass is 19.3. The van der Waals surface area contributed by atoms with Crippen LogP contribution in [0.25, 0.3) is 0 Å². The number of nitrogens with one attached hydrogen (secondary N) is 1. The number of nitrogens with zero attached hydrogens (tertiary/aromatic N) is 1. The first kappa shape index (κ1) is 15.3. The van der Waals surface area contributed by atoms with Crippen molar-refractivity contribution < 1.29 is 18.0 Å². The largest absolute Gasteiger partial charge is 0.397 e. The van der Waals surface area contributed by atoms with E-state index in [0.29, 0.717) is 0 Å². The second-order valence-corrected chi connectivity index (χ2v) is 4.23. The van der Waals surface area contributed by atoms with E-state index in [0.717, 1.165) is 12.1 Å². The maximum atomic E-state index is 12.8. The number of benzene rings is 1. The quantitative estimate of drug-likeness (QED) is 0.807. The van der Waals surface area contributed by atoms with E-state index in [4.69, 9.17) is 5.73 Å². The topological polar surface area (TPSA) is 58.4 Å². The third kappa shape index (κ3) is 4.44. The van der Waals surface area contributed by atoms with Crippen molar-refractivity contribution >= 4 is 17.3 Å². The van der Waals surface area contributed by atoms with Crippen LogP contribution in [0.3, 0.4) is 0 Å². The van der Waals surface area contributed by atoms with Crippen molar-refractivity contribution in [3.63, 3.8) is 0 Å². The Balaban J connectivity index is 2.68. The first-order chi connectivity index (χ1) is 8.81. The van der Waals surface area contributed by atoms with Gasteiger partial charge in [0, 0.05) is 0 Å². The predicted molar refractivity (Wildman–Crippen MR) is 67.5 cm³/mol. The molecule has 1 amide bonds. The molecule has 0 saturated heterocycles. The van der Waals surface area contributed by atoms with Crippen LogP contribution in [0.4, 0.5) is 24.5 Å². The van der Waals surface area contributed by atoms with Crippen LogP contribution in [0.15, 0.2) is 18.2 Å². The van der Waals surface area contributed by atoms with E-state index in [2.05, 4.69) is 5.32 Å². The first-order valence-corrected chi connectivity index (χ1v) is 5.65. The van der Waals surface area contributed by atoms with Crippen molar-refractivity contribution in [1.29, 1.82) is 0 Å². The van der Waals surface area contributed by atoms with Crippen LogP contribution < -0.4 is 11.1 Å². The van der Waals surface area contributed by atoms with Gasteiger partial charge in [0.15, 0.2) is 0 Å². The average Bonchev–Trinajstić information content (AvgIpc) is 2.30. The molecule has 0 radical (unpaired) electrons. The highest BCUT2D eigenvalue weighted by Crippen LogP contribution is 2.19. The first-order valence-electron chi connectivity index (χ1n) is 5.65. The van der Waals surface area contributed by atoms with Crippen molar-refractivity contribution in [3.05, 3.63) is 24.0 Å². The molecule has 1 aromatic rings. The molecule has 19 heavy (non-hydrogen) atoms. The number of nitrogens with two attached hydrogens (primary N) is 1. The molecule has 0 bridgehead atoms. The number of alkyl halides is 2. The van der Waals surface area contributed by atoms with Gasteiger partial charge in [0.2, 0.25) is 5.91 Å². The Labute approximate surface area is 109 Å². The summed E-state index contributed by atoms with van der Waals surface area (Å²) in [5.74, 6) is -1.00. The molecule has 1 aromatic carbocycles. The van der Waals surface area contributed by atoms with E-state index in [-0.39, 0.29) is 11.4 Å². The van der Waals surface area contributed by atoms with E-state index in [1.165, 1.54) is 24.9 Å². The minimum absolute atomic E-state index is 0.0806. The van der Waals surface area contributed by atoms with Crippen LogP contribution in [-0.4, -0.2) is 36.9 Å². The number of nitrogen functional groups attached to an aromatic ring is 1. The molecule has 0 aliphatic carbocycles. The number of anilines is 2. The number of halogens is 3. The van der Waals surface area contributed by atoms with Crippen molar-refractivity contribution in [2.24, 2.45) is 0 Å². The molecule has 0 heterocycles. The fraction of sp³-hybridized carbons (Fsp3) is 0.417. The second-order valence-electron chi connectivity index (χ2n) is 4.23. The summed E-state index contributed by atoms with van der Waals surface area (Å²) in [4.78, 5) is 13.0. The minimum Gasteiger partial charge on any atom is -0.397 e. The summed E-state index contributed by atoms with van der Waals surface area (Å²) in [5.41, 5.74) is 5.87. The van der Waals surface area contributed by atoms with Crippen LogP contribution in [-0.2, 0) is 4.79 Å². The Morgan fingerprint density at radius 2 is 2.11 bits per heavy atom. The number of amides is 1. The molecule has 1 unspecified atom stereocenters. The van der Waals surface area contributed by atoms with E-state index in [1.54, 1.807) is 0 Å². The van der Waals surface area contributed by atoms with Crippen LogP contribution in [0.2, 0.25) is 0 Å². The van der Waals surface area contributed by atoms with Gasteiger partial charge in [-0.1, -0.05) is 0 Å². The van der Waals surface area contributed by atoms with Gasteiger partial charge in [-0.05, 0) is 32.2 Å². The van der Waals surface area contributed by atoms with Gasteiger partial charge in [0.1, 0.15) is 5.82 Å². The summed E-state index contributed by atoms with van der Waals surface area (Å²) in [5, 5.41) is 2.47. The van der Waals surface area contributed by atoms with Gasteiger partial charge in [-0.25, -0.2) is 13.2 Å². The summed E-state index contributed by atoms with van der Waals surface area (Å²) in [6, 6.07) is 2.80. The van der Waals surface area contributed by atoms with Crippen LogP contribution in [0.5, 0.6) is 0 Å². The van der Waals surface area contributed by atoms with Gasteiger partial charge in [0.05, 0.1) is 24.0 Å². The summed E-state index contributed by atoms with van der Waals surface area (Å²) < 4.78 is 37.2. The molecule has 4 nitrogen and oxygen atoms in total. The Morgan fingerprint density at radius 3 is 2.63 bits per heavy atom. The zero-order valence-electron chi connectivity index (χ0n) is 10.7. The molecular weight excluding hydrogens is 259 g/mol. The Kier molecular flexibility index (Phi) is 5.17. The van der Waals surface area contributed by atoms with Crippen molar-refractivity contribution in [2.75, 3.05) is 24.6 Å². The summed E-state index contributed by atoms with van der Waals surface area (Å²) in [6.45, 7) is 0.991. The molecule has 3 N–H and O–H groups in total. The summed E-state index contributed by atoms with van der Waals surface area (Å²) >= 11 is 0. The predicted octanol–water partition coefficient (Wildman–Crippen LogP) is 1.93. The number of likely N-dealkylation sites (N-methyl/N-ethyl adjacent to an activating group) is 1. The number of carbonyl (C=O) groups is 1. The van der Waals surface area contributed by atoms with Crippen molar-refractivity contribution in [1.82, 2.24) is 4.90 Å². The normalized spacial score (nSPS) is 12.8. The summed E-state index contributed by atoms with van der Waals surface area (Å²) in [6.07, 6.45) is -2.52. The Hall–Kier alpha value is -1.76. The maximum Gasteiger partial charge on any atom is 0.251 e. The SMILES string of the molecule is CC(C(=O)Nc1ccc(F)cc1N)N(C)CC(F)F. The molecule has 1 atom stereocenters. The van der Waals surface area contributed by atoms with Crippen molar-refractivity contribution in [2.45, 2.75) is 19.4 Å². The highest BCUT2D eigenvalue weighted by Gasteiger charge is 2.21. The van der Waals surface area contributed by atoms with Gasteiger partial charge in [-0.15, -0.1) is 0 Å². The van der Waals surface area contributed by atoms with Gasteiger partial charge >= 0.3 is 0 Å². The maximum absolute atomic E-state index is 12.8. The lowest BCUT2D eigenvalue weighted by Gasteiger charge is -2.23. The molecule has 106 valence electrons. The lowest BCUT2D eigenvalue weighted by molar-refractivity contribution is -0.120. The minimum atomic E-state index is -2.52. The fourth-order valence-electron chi connectivity index (χ4n) is 1.46. The smallest absolute Gasteiger partial charge is 0.251 e. The standard InChI is InChI=1S/C12H16F3N3O/c1-7(18(2)6-11(14)15)12(19)17-10-4-3-8(13)5-9(10)16/h3-5,7,11H,6,16H2,1-2H3,(H,17,19). The number of rotatable bonds is 5. The van der Waals surface area contributed by atoms with Gasteiger partial charge in [0.25, 0.3) is 6.43 Å². The van der Waals surface area contributed by atoms with Crippen LogP contribution >= 0.6 is 0 Å². The molecule has 1 rings (SSSR count). The van der Waals surface area contributed by atoms with Crippen molar-refractivity contribution in [3.8, 4) is 0 Å². The number of carbonyl (C=O) groups excluding carboxylic acids is 1. The van der Waals surface area contributed by atoms with Gasteiger partial charge in [-0.2, -0.15) is 0 Å². The number of hydrogen-bond donors (Lipinski definition) is 2. The third-order valence-corrected chi connectivity index (χ3v) is 2.74. The lowest BCUT2D eigenvalue weighted by atomic mass is 10.2. The molecule has 0 aliphatic heterocycles. The molecular formula is C12H16F3N3O. The molecule has 0 spiro atoms. The van der Waals surface area contributed by atoms with E-state index >= 15 is 0 Å². The third-order valence-electron chi connectivity index (χ3n) is 2.74. The van der Waals surface area contributed by atoms with E-state index in [9.17, 15) is 18.0 Å². The van der Waals surface area contributed by atoms with Crippen LogP contribution in [0.1, 0.15) is 6.92 Å². The Morgan fingerprint density at radius 1 is 1.47 bits per heavy atom. The monoisotopic (exact) mass is 275 g/mol. The zero-order chi connectivity index (χ0) is 14.6. The van der Waals surface area contributed by atoms with E-state index < -0.39 is 30.7 Å². The van der Waals surface area contributed by atoms with Gasteiger partial charge < -0.3 is 11.1 Å². The highest BCUT2D eigenvalue weighted by molar-refractivity contribution is 5.97. The fourth-order valence-corrected chi connectivity index (χ4v) is 1.46. The molecule has 7 heteroatoms. The molecule has 0 fully saturated rings. The Bertz CT molecular complexity index is 454. The van der Waals surface area contributed by atoms with E-state index in [1.807, 2.05) is 0 Å². The molecule has 0 aliphatic rings. The molecule has 0 aromatic heterocycles. The molecule has 0 saturated carbocycles. The van der Waals surface area contributed by atoms with Gasteiger partial charge in [-0.3, -0.25) is 9.69 Å². The zero-order valence-corrected chi connectivity index (χ0v) is 10.7.